The van der Waals surface area contributed by atoms with Crippen LogP contribution in [0.2, 0.25) is 5.02 Å². The summed E-state index contributed by atoms with van der Waals surface area (Å²) in [5.41, 5.74) is 0.826. The third kappa shape index (κ3) is 3.64. The highest BCUT2D eigenvalue weighted by Crippen LogP contribution is 2.24. The van der Waals surface area contributed by atoms with Gasteiger partial charge >= 0.3 is 0 Å². The zero-order valence-corrected chi connectivity index (χ0v) is 12.7. The van der Waals surface area contributed by atoms with Crippen molar-refractivity contribution in [1.82, 2.24) is 9.97 Å². The fraction of sp³-hybridized carbons (Fsp3) is 0.375. The average molecular weight is 303 g/mol. The summed E-state index contributed by atoms with van der Waals surface area (Å²) in [6.07, 6.45) is 6.89. The van der Waals surface area contributed by atoms with Gasteiger partial charge in [0, 0.05) is 19.3 Å². The summed E-state index contributed by atoms with van der Waals surface area (Å²) in [5, 5.41) is 3.85. The van der Waals surface area contributed by atoms with Crippen molar-refractivity contribution in [3.05, 3.63) is 41.6 Å². The summed E-state index contributed by atoms with van der Waals surface area (Å²) in [7, 11) is 0. The molecular weight excluding hydrogens is 284 g/mol. The Bertz CT molecular complexity index is 594. The summed E-state index contributed by atoms with van der Waals surface area (Å²) in [5.74, 6) is 1.58. The van der Waals surface area contributed by atoms with Crippen LogP contribution in [-0.4, -0.2) is 23.1 Å². The van der Waals surface area contributed by atoms with Crippen molar-refractivity contribution in [1.29, 1.82) is 0 Å². The molecule has 2 heterocycles. The molecule has 1 aromatic heterocycles. The normalized spacial score (nSPS) is 15.6. The Hall–Kier alpha value is -1.81. The van der Waals surface area contributed by atoms with Gasteiger partial charge < -0.3 is 10.2 Å². The van der Waals surface area contributed by atoms with Gasteiger partial charge in [-0.2, -0.15) is 4.98 Å². The maximum atomic E-state index is 6.16. The van der Waals surface area contributed by atoms with Gasteiger partial charge in [0.2, 0.25) is 5.95 Å². The van der Waals surface area contributed by atoms with Gasteiger partial charge in [-0.25, -0.2) is 4.98 Å². The summed E-state index contributed by atoms with van der Waals surface area (Å²) in [4.78, 5) is 11.2. The smallest absolute Gasteiger partial charge is 0.229 e. The second kappa shape index (κ2) is 6.76. The average Bonchev–Trinajstić information content (AvgIpc) is 2.79. The first-order valence-electron chi connectivity index (χ1n) is 7.42. The molecule has 1 saturated heterocycles. The quantitative estimate of drug-likeness (QED) is 0.920. The molecule has 0 unspecified atom stereocenters. The van der Waals surface area contributed by atoms with Crippen molar-refractivity contribution in [2.24, 2.45) is 0 Å². The molecule has 1 aliphatic heterocycles. The number of hydrogen-bond donors (Lipinski definition) is 1. The molecular formula is C16H19ClN4. The van der Waals surface area contributed by atoms with E-state index >= 15 is 0 Å². The van der Waals surface area contributed by atoms with Gasteiger partial charge in [0.1, 0.15) is 5.82 Å². The second-order valence-electron chi connectivity index (χ2n) is 5.24. The van der Waals surface area contributed by atoms with Gasteiger partial charge in [-0.05, 0) is 31.0 Å². The molecule has 0 radical (unpaired) electrons. The van der Waals surface area contributed by atoms with E-state index in [-0.39, 0.29) is 0 Å². The molecule has 110 valence electrons. The van der Waals surface area contributed by atoms with E-state index in [2.05, 4.69) is 20.2 Å². The SMILES string of the molecule is Clc1ccccc1Nc1nccc(N2CCCCCC2)n1. The third-order valence-electron chi connectivity index (χ3n) is 3.69. The van der Waals surface area contributed by atoms with Gasteiger partial charge in [0.05, 0.1) is 10.7 Å². The minimum atomic E-state index is 0.588. The minimum Gasteiger partial charge on any atom is -0.356 e. The van der Waals surface area contributed by atoms with Gasteiger partial charge in [-0.1, -0.05) is 36.6 Å². The van der Waals surface area contributed by atoms with Crippen LogP contribution in [0.5, 0.6) is 0 Å². The van der Waals surface area contributed by atoms with E-state index in [4.69, 9.17) is 11.6 Å². The Kier molecular flexibility index (Phi) is 4.55. The van der Waals surface area contributed by atoms with E-state index in [1.165, 1.54) is 25.7 Å². The number of rotatable bonds is 3. The minimum absolute atomic E-state index is 0.588. The van der Waals surface area contributed by atoms with Crippen LogP contribution in [0.15, 0.2) is 36.5 Å². The summed E-state index contributed by atoms with van der Waals surface area (Å²) in [6, 6.07) is 9.59. The Labute approximate surface area is 130 Å². The zero-order valence-electron chi connectivity index (χ0n) is 11.9. The molecule has 1 N–H and O–H groups in total. The third-order valence-corrected chi connectivity index (χ3v) is 4.02. The molecule has 0 amide bonds. The molecule has 0 spiro atoms. The molecule has 0 bridgehead atoms. The molecule has 1 aromatic carbocycles. The number of para-hydroxylation sites is 1. The molecule has 3 rings (SSSR count). The molecule has 1 aliphatic rings. The Balaban J connectivity index is 1.78. The summed E-state index contributed by atoms with van der Waals surface area (Å²) < 4.78 is 0. The van der Waals surface area contributed by atoms with E-state index < -0.39 is 0 Å². The molecule has 1 fully saturated rings. The van der Waals surface area contributed by atoms with Crippen LogP contribution in [0.4, 0.5) is 17.5 Å². The lowest BCUT2D eigenvalue weighted by Crippen LogP contribution is -2.25. The predicted molar refractivity (Wildman–Crippen MR) is 87.4 cm³/mol. The molecule has 5 heteroatoms. The van der Waals surface area contributed by atoms with Crippen LogP contribution >= 0.6 is 11.6 Å². The first-order valence-corrected chi connectivity index (χ1v) is 7.80. The number of hydrogen-bond acceptors (Lipinski definition) is 4. The van der Waals surface area contributed by atoms with Gasteiger partial charge in [0.25, 0.3) is 0 Å². The lowest BCUT2D eigenvalue weighted by Gasteiger charge is -2.21. The molecule has 2 aromatic rings. The monoisotopic (exact) mass is 302 g/mol. The second-order valence-corrected chi connectivity index (χ2v) is 5.65. The van der Waals surface area contributed by atoms with Crippen LogP contribution < -0.4 is 10.2 Å². The van der Waals surface area contributed by atoms with E-state index in [1.54, 1.807) is 6.20 Å². The molecule has 0 saturated carbocycles. The highest BCUT2D eigenvalue weighted by atomic mass is 35.5. The van der Waals surface area contributed by atoms with Gasteiger partial charge in [-0.3, -0.25) is 0 Å². The van der Waals surface area contributed by atoms with Crippen molar-refractivity contribution in [2.45, 2.75) is 25.7 Å². The van der Waals surface area contributed by atoms with E-state index in [0.29, 0.717) is 11.0 Å². The predicted octanol–water partition coefficient (Wildman–Crippen LogP) is 4.25. The molecule has 0 aliphatic carbocycles. The Morgan fingerprint density at radius 1 is 1.00 bits per heavy atom. The van der Waals surface area contributed by atoms with E-state index in [1.807, 2.05) is 30.3 Å². The lowest BCUT2D eigenvalue weighted by molar-refractivity contribution is 0.726. The Morgan fingerprint density at radius 3 is 2.52 bits per heavy atom. The van der Waals surface area contributed by atoms with Crippen LogP contribution in [0.1, 0.15) is 25.7 Å². The summed E-state index contributed by atoms with van der Waals surface area (Å²) >= 11 is 6.16. The largest absolute Gasteiger partial charge is 0.356 e. The van der Waals surface area contributed by atoms with Crippen LogP contribution in [0.25, 0.3) is 0 Å². The van der Waals surface area contributed by atoms with Crippen molar-refractivity contribution in [2.75, 3.05) is 23.3 Å². The van der Waals surface area contributed by atoms with Gasteiger partial charge in [0.15, 0.2) is 0 Å². The lowest BCUT2D eigenvalue weighted by atomic mass is 10.2. The van der Waals surface area contributed by atoms with Crippen molar-refractivity contribution < 1.29 is 0 Å². The Morgan fingerprint density at radius 2 is 1.76 bits per heavy atom. The first-order chi connectivity index (χ1) is 10.3. The highest BCUT2D eigenvalue weighted by molar-refractivity contribution is 6.33. The highest BCUT2D eigenvalue weighted by Gasteiger charge is 2.12. The number of nitrogens with zero attached hydrogens (tertiary/aromatic N) is 3. The number of benzene rings is 1. The first kappa shape index (κ1) is 14.1. The van der Waals surface area contributed by atoms with E-state index in [0.717, 1.165) is 24.6 Å². The van der Waals surface area contributed by atoms with Crippen LogP contribution in [-0.2, 0) is 0 Å². The number of anilines is 3. The standard InChI is InChI=1S/C16H19ClN4/c17-13-7-3-4-8-14(13)19-16-18-10-9-15(20-16)21-11-5-1-2-6-12-21/h3-4,7-10H,1-2,5-6,11-12H2,(H,18,19,20). The van der Waals surface area contributed by atoms with Gasteiger partial charge in [-0.15, -0.1) is 0 Å². The zero-order chi connectivity index (χ0) is 14.5. The summed E-state index contributed by atoms with van der Waals surface area (Å²) in [6.45, 7) is 2.14. The molecule has 4 nitrogen and oxygen atoms in total. The number of nitrogens with one attached hydrogen (secondary N) is 1. The van der Waals surface area contributed by atoms with Crippen molar-refractivity contribution in [3.63, 3.8) is 0 Å². The molecule has 0 atom stereocenters. The van der Waals surface area contributed by atoms with Crippen LogP contribution in [0.3, 0.4) is 0 Å². The molecule has 21 heavy (non-hydrogen) atoms. The van der Waals surface area contributed by atoms with E-state index in [9.17, 15) is 0 Å². The van der Waals surface area contributed by atoms with Crippen molar-refractivity contribution in [3.8, 4) is 0 Å². The fourth-order valence-corrected chi connectivity index (χ4v) is 2.75. The number of aromatic nitrogens is 2. The number of halogens is 1. The van der Waals surface area contributed by atoms with Crippen LogP contribution in [0, 0.1) is 0 Å². The topological polar surface area (TPSA) is 41.1 Å². The fourth-order valence-electron chi connectivity index (χ4n) is 2.57. The maximum Gasteiger partial charge on any atom is 0.229 e. The maximum absolute atomic E-state index is 6.16. The van der Waals surface area contributed by atoms with Crippen molar-refractivity contribution >= 4 is 29.1 Å².